The molecule has 0 aliphatic carbocycles. The molecule has 28 heavy (non-hydrogen) atoms. The summed E-state index contributed by atoms with van der Waals surface area (Å²) >= 11 is 0. The predicted octanol–water partition coefficient (Wildman–Crippen LogP) is 1.65. The van der Waals surface area contributed by atoms with Crippen molar-refractivity contribution < 1.29 is 36.2 Å². The van der Waals surface area contributed by atoms with Crippen molar-refractivity contribution in [2.45, 2.75) is 9.79 Å². The van der Waals surface area contributed by atoms with Crippen molar-refractivity contribution in [3.63, 3.8) is 0 Å². The van der Waals surface area contributed by atoms with E-state index in [-0.39, 0.29) is 9.79 Å². The fourth-order valence-electron chi connectivity index (χ4n) is 2.48. The van der Waals surface area contributed by atoms with Gasteiger partial charge in [0.25, 0.3) is 0 Å². The molecule has 0 bridgehead atoms. The number of hydrogen-bond donors (Lipinski definition) is 1. The molecule has 0 aliphatic rings. The molecule has 0 aromatic heterocycles. The van der Waals surface area contributed by atoms with Crippen LogP contribution in [0.4, 0.5) is 0 Å². The number of aliphatic carboxylic acids is 1. The van der Waals surface area contributed by atoms with Gasteiger partial charge in [0.05, 0.1) is 41.4 Å². The van der Waals surface area contributed by atoms with Crippen LogP contribution < -0.4 is 9.47 Å². The van der Waals surface area contributed by atoms with E-state index in [1.165, 1.54) is 62.8 Å². The number of benzene rings is 2. The molecule has 2 aromatic carbocycles. The van der Waals surface area contributed by atoms with E-state index in [2.05, 4.69) is 0 Å². The lowest BCUT2D eigenvalue weighted by Gasteiger charge is -2.14. The summed E-state index contributed by atoms with van der Waals surface area (Å²) in [6, 6.07) is 10.8. The molecule has 0 fully saturated rings. The van der Waals surface area contributed by atoms with Gasteiger partial charge in [0.15, 0.2) is 19.7 Å². The molecule has 2 rings (SSSR count). The first-order valence-corrected chi connectivity index (χ1v) is 11.4. The van der Waals surface area contributed by atoms with E-state index in [4.69, 9.17) is 9.47 Å². The zero-order valence-corrected chi connectivity index (χ0v) is 16.9. The Bertz CT molecular complexity index is 944. The van der Waals surface area contributed by atoms with Gasteiger partial charge < -0.3 is 14.6 Å². The van der Waals surface area contributed by atoms with Crippen LogP contribution in [0, 0.1) is 5.92 Å². The smallest absolute Gasteiger partial charge is 0.308 e. The van der Waals surface area contributed by atoms with Gasteiger partial charge in [-0.25, -0.2) is 16.8 Å². The van der Waals surface area contributed by atoms with Crippen LogP contribution in [0.2, 0.25) is 0 Å². The van der Waals surface area contributed by atoms with Crippen LogP contribution in [-0.2, 0) is 24.5 Å². The number of ether oxygens (including phenoxy) is 2. The number of carboxylic acids is 1. The second-order valence-corrected chi connectivity index (χ2v) is 10.0. The zero-order chi connectivity index (χ0) is 20.9. The summed E-state index contributed by atoms with van der Waals surface area (Å²) in [6.45, 7) is 0. The van der Waals surface area contributed by atoms with Crippen molar-refractivity contribution >= 4 is 25.6 Å². The highest BCUT2D eigenvalue weighted by Crippen LogP contribution is 2.22. The van der Waals surface area contributed by atoms with Gasteiger partial charge in [-0.3, -0.25) is 4.79 Å². The Hall–Kier alpha value is -2.59. The molecule has 0 saturated carbocycles. The highest BCUT2D eigenvalue weighted by atomic mass is 32.2. The lowest BCUT2D eigenvalue weighted by molar-refractivity contribution is -0.140. The van der Waals surface area contributed by atoms with Gasteiger partial charge in [-0.15, -0.1) is 0 Å². The third kappa shape index (κ3) is 5.23. The van der Waals surface area contributed by atoms with Gasteiger partial charge >= 0.3 is 5.97 Å². The topological polar surface area (TPSA) is 124 Å². The fourth-order valence-corrected chi connectivity index (χ4v) is 5.69. The van der Waals surface area contributed by atoms with Crippen LogP contribution in [0.3, 0.4) is 0 Å². The van der Waals surface area contributed by atoms with Gasteiger partial charge in [0.2, 0.25) is 0 Å². The first kappa shape index (κ1) is 21.7. The lowest BCUT2D eigenvalue weighted by Crippen LogP contribution is -2.30. The quantitative estimate of drug-likeness (QED) is 0.639. The minimum atomic E-state index is -4.02. The first-order chi connectivity index (χ1) is 13.1. The molecule has 0 unspecified atom stereocenters. The van der Waals surface area contributed by atoms with Gasteiger partial charge in [0.1, 0.15) is 11.5 Å². The van der Waals surface area contributed by atoms with Crippen LogP contribution in [0.1, 0.15) is 0 Å². The summed E-state index contributed by atoms with van der Waals surface area (Å²) in [4.78, 5) is 11.3. The van der Waals surface area contributed by atoms with Gasteiger partial charge in [-0.2, -0.15) is 0 Å². The second kappa shape index (κ2) is 8.61. The van der Waals surface area contributed by atoms with E-state index < -0.39 is 43.1 Å². The Morgan fingerprint density at radius 2 is 1.11 bits per heavy atom. The van der Waals surface area contributed by atoms with Crippen LogP contribution in [0.5, 0.6) is 11.5 Å². The summed E-state index contributed by atoms with van der Waals surface area (Å²) in [6.07, 6.45) is 0. The summed E-state index contributed by atoms with van der Waals surface area (Å²) in [5.41, 5.74) is 0. The molecular formula is C18H20O8S2. The van der Waals surface area contributed by atoms with Crippen LogP contribution >= 0.6 is 0 Å². The third-order valence-corrected chi connectivity index (χ3v) is 7.69. The molecule has 2 aromatic rings. The molecule has 0 saturated heterocycles. The Labute approximate surface area is 163 Å². The largest absolute Gasteiger partial charge is 0.497 e. The van der Waals surface area contributed by atoms with Crippen molar-refractivity contribution in [2.75, 3.05) is 25.7 Å². The fraction of sp³-hybridized carbons (Fsp3) is 0.278. The van der Waals surface area contributed by atoms with E-state index in [9.17, 15) is 26.7 Å². The summed E-state index contributed by atoms with van der Waals surface area (Å²) < 4.78 is 60.1. The Morgan fingerprint density at radius 3 is 1.36 bits per heavy atom. The van der Waals surface area contributed by atoms with E-state index in [1.54, 1.807) is 0 Å². The minimum Gasteiger partial charge on any atom is -0.497 e. The van der Waals surface area contributed by atoms with Gasteiger partial charge in [-0.1, -0.05) is 0 Å². The molecule has 10 heteroatoms. The monoisotopic (exact) mass is 428 g/mol. The number of carboxylic acid groups (broad SMARTS) is 1. The van der Waals surface area contributed by atoms with Crippen LogP contribution in [0.25, 0.3) is 0 Å². The highest BCUT2D eigenvalue weighted by Gasteiger charge is 2.32. The Balaban J connectivity index is 2.25. The van der Waals surface area contributed by atoms with E-state index in [1.807, 2.05) is 0 Å². The molecule has 0 amide bonds. The molecule has 152 valence electrons. The molecule has 0 radical (unpaired) electrons. The zero-order valence-electron chi connectivity index (χ0n) is 15.2. The molecule has 1 N–H and O–H groups in total. The number of sulfone groups is 2. The molecule has 0 aliphatic heterocycles. The second-order valence-electron chi connectivity index (χ2n) is 5.95. The van der Waals surface area contributed by atoms with Crippen LogP contribution in [-0.4, -0.2) is 53.6 Å². The van der Waals surface area contributed by atoms with Crippen molar-refractivity contribution in [2.24, 2.45) is 5.92 Å². The average Bonchev–Trinajstić information content (AvgIpc) is 2.67. The minimum absolute atomic E-state index is 0.110. The predicted molar refractivity (Wildman–Crippen MR) is 101 cm³/mol. The average molecular weight is 428 g/mol. The SMILES string of the molecule is COc1ccc(S(=O)(=O)CC(CS(=O)(=O)c2ccc(OC)cc2)C(=O)O)cc1. The molecular weight excluding hydrogens is 408 g/mol. The maximum atomic E-state index is 12.5. The molecule has 8 nitrogen and oxygen atoms in total. The molecule has 0 atom stereocenters. The van der Waals surface area contributed by atoms with Gasteiger partial charge in [0, 0.05) is 0 Å². The normalized spacial score (nSPS) is 12.0. The van der Waals surface area contributed by atoms with E-state index in [0.29, 0.717) is 11.5 Å². The Kier molecular flexibility index (Phi) is 6.68. The molecule has 0 spiro atoms. The van der Waals surface area contributed by atoms with Crippen LogP contribution in [0.15, 0.2) is 58.3 Å². The maximum absolute atomic E-state index is 12.5. The maximum Gasteiger partial charge on any atom is 0.308 e. The third-order valence-electron chi connectivity index (χ3n) is 4.03. The molecule has 0 heterocycles. The van der Waals surface area contributed by atoms with Crippen molar-refractivity contribution in [1.82, 2.24) is 0 Å². The first-order valence-electron chi connectivity index (χ1n) is 8.05. The Morgan fingerprint density at radius 1 is 0.786 bits per heavy atom. The standard InChI is InChI=1S/C18H20O8S2/c1-25-14-3-7-16(8-4-14)27(21,22)11-13(18(19)20)12-28(23,24)17-9-5-15(26-2)6-10-17/h3-10,13H,11-12H2,1-2H3,(H,19,20). The summed E-state index contributed by atoms with van der Waals surface area (Å²) in [5, 5.41) is 9.39. The summed E-state index contributed by atoms with van der Waals surface area (Å²) in [7, 11) is -5.18. The number of hydrogen-bond acceptors (Lipinski definition) is 7. The van der Waals surface area contributed by atoms with E-state index >= 15 is 0 Å². The van der Waals surface area contributed by atoms with Gasteiger partial charge in [-0.05, 0) is 48.5 Å². The van der Waals surface area contributed by atoms with E-state index in [0.717, 1.165) is 0 Å². The number of carbonyl (C=O) groups is 1. The lowest BCUT2D eigenvalue weighted by atomic mass is 10.2. The van der Waals surface area contributed by atoms with Crippen molar-refractivity contribution in [3.05, 3.63) is 48.5 Å². The van der Waals surface area contributed by atoms with Crippen molar-refractivity contribution in [3.8, 4) is 11.5 Å². The summed E-state index contributed by atoms with van der Waals surface area (Å²) in [5.74, 6) is -3.94. The van der Waals surface area contributed by atoms with Crippen molar-refractivity contribution in [1.29, 1.82) is 0 Å². The number of rotatable bonds is 9. The number of methoxy groups -OCH3 is 2. The highest BCUT2D eigenvalue weighted by molar-refractivity contribution is 7.92.